The molecule has 0 saturated heterocycles. The van der Waals surface area contributed by atoms with E-state index in [-0.39, 0.29) is 0 Å². The summed E-state index contributed by atoms with van der Waals surface area (Å²) in [4.78, 5) is 8.12. The predicted octanol–water partition coefficient (Wildman–Crippen LogP) is 2.60. The molecule has 0 aliphatic rings. The number of nitrogens with one attached hydrogen (secondary N) is 1. The Morgan fingerprint density at radius 2 is 2.29 bits per heavy atom. The van der Waals surface area contributed by atoms with Gasteiger partial charge in [-0.05, 0) is 24.1 Å². The van der Waals surface area contributed by atoms with Crippen molar-refractivity contribution in [1.82, 2.24) is 9.97 Å². The van der Waals surface area contributed by atoms with E-state index in [0.29, 0.717) is 0 Å². The van der Waals surface area contributed by atoms with Crippen molar-refractivity contribution in [3.8, 4) is 0 Å². The summed E-state index contributed by atoms with van der Waals surface area (Å²) >= 11 is 4.34. The van der Waals surface area contributed by atoms with Crippen molar-refractivity contribution < 1.29 is 0 Å². The zero-order chi connectivity index (χ0) is 9.97. The van der Waals surface area contributed by atoms with Crippen molar-refractivity contribution in [2.24, 2.45) is 0 Å². The minimum atomic E-state index is 0.898. The van der Waals surface area contributed by atoms with Gasteiger partial charge in [0.15, 0.2) is 0 Å². The van der Waals surface area contributed by atoms with Gasteiger partial charge in [0, 0.05) is 23.2 Å². The number of aromatic amines is 1. The zero-order valence-corrected chi connectivity index (χ0v) is 8.88. The maximum Gasteiger partial charge on any atom is 0.0921 e. The van der Waals surface area contributed by atoms with Gasteiger partial charge >= 0.3 is 0 Å². The van der Waals surface area contributed by atoms with E-state index in [1.807, 2.05) is 12.3 Å². The van der Waals surface area contributed by atoms with Gasteiger partial charge in [-0.3, -0.25) is 0 Å². The first-order valence-corrected chi connectivity index (χ1v) is 4.96. The predicted molar refractivity (Wildman–Crippen MR) is 59.8 cm³/mol. The minimum absolute atomic E-state index is 0.898. The molecule has 14 heavy (non-hydrogen) atoms. The van der Waals surface area contributed by atoms with Crippen molar-refractivity contribution in [3.05, 3.63) is 47.5 Å². The Morgan fingerprint density at radius 3 is 2.93 bits per heavy atom. The van der Waals surface area contributed by atoms with Gasteiger partial charge in [0.1, 0.15) is 0 Å². The highest BCUT2D eigenvalue weighted by molar-refractivity contribution is 7.80. The van der Waals surface area contributed by atoms with Gasteiger partial charge in [-0.2, -0.15) is 0 Å². The molecule has 2 rings (SSSR count). The molecular weight excluding hydrogens is 192 g/mol. The Bertz CT molecular complexity index is 421. The summed E-state index contributed by atoms with van der Waals surface area (Å²) in [5.41, 5.74) is 3.63. The van der Waals surface area contributed by atoms with Crippen LogP contribution in [0.15, 0.2) is 35.6 Å². The number of imidazole rings is 1. The molecule has 1 aromatic heterocycles. The van der Waals surface area contributed by atoms with Gasteiger partial charge in [-0.25, -0.2) is 4.98 Å². The average molecular weight is 204 g/mol. The van der Waals surface area contributed by atoms with E-state index in [1.54, 1.807) is 6.33 Å². The Hall–Kier alpha value is -1.22. The number of hydrogen-bond donors (Lipinski definition) is 2. The molecule has 0 aliphatic carbocycles. The molecule has 0 atom stereocenters. The first kappa shape index (κ1) is 9.34. The Morgan fingerprint density at radius 1 is 1.43 bits per heavy atom. The summed E-state index contributed by atoms with van der Waals surface area (Å²) < 4.78 is 0. The number of aryl methyl sites for hydroxylation is 1. The molecule has 3 heteroatoms. The summed E-state index contributed by atoms with van der Waals surface area (Å²) in [6.45, 7) is 2.07. The van der Waals surface area contributed by atoms with Crippen LogP contribution in [-0.4, -0.2) is 9.97 Å². The van der Waals surface area contributed by atoms with E-state index in [9.17, 15) is 0 Å². The number of H-pyrrole nitrogens is 1. The number of rotatable bonds is 2. The smallest absolute Gasteiger partial charge is 0.0921 e. The lowest BCUT2D eigenvalue weighted by Gasteiger charge is -2.02. The van der Waals surface area contributed by atoms with Crippen LogP contribution in [0.2, 0.25) is 0 Å². The maximum atomic E-state index is 4.34. The number of thiol groups is 1. The van der Waals surface area contributed by atoms with Crippen molar-refractivity contribution >= 4 is 12.6 Å². The normalized spacial score (nSPS) is 10.4. The fraction of sp³-hybridized carbons (Fsp3) is 0.182. The fourth-order valence-corrected chi connectivity index (χ4v) is 1.57. The topological polar surface area (TPSA) is 28.7 Å². The summed E-state index contributed by atoms with van der Waals surface area (Å²) in [5, 5.41) is 0. The van der Waals surface area contributed by atoms with Gasteiger partial charge in [-0.15, -0.1) is 12.6 Å². The van der Waals surface area contributed by atoms with E-state index in [2.05, 4.69) is 41.7 Å². The third kappa shape index (κ3) is 1.99. The van der Waals surface area contributed by atoms with Crippen LogP contribution >= 0.6 is 12.6 Å². The maximum absolute atomic E-state index is 4.34. The molecule has 2 aromatic rings. The van der Waals surface area contributed by atoms with E-state index in [4.69, 9.17) is 0 Å². The molecule has 72 valence electrons. The number of nitrogens with zero attached hydrogens (tertiary/aromatic N) is 1. The molecule has 1 aromatic carbocycles. The molecule has 0 amide bonds. The van der Waals surface area contributed by atoms with Crippen molar-refractivity contribution in [3.63, 3.8) is 0 Å². The molecule has 0 bridgehead atoms. The highest BCUT2D eigenvalue weighted by Gasteiger charge is 1.99. The van der Waals surface area contributed by atoms with E-state index in [1.165, 1.54) is 11.1 Å². The van der Waals surface area contributed by atoms with Crippen LogP contribution in [0.5, 0.6) is 0 Å². The summed E-state index contributed by atoms with van der Waals surface area (Å²) in [5.74, 6) is 0. The lowest BCUT2D eigenvalue weighted by atomic mass is 10.1. The van der Waals surface area contributed by atoms with Gasteiger partial charge in [0.25, 0.3) is 0 Å². The van der Waals surface area contributed by atoms with Crippen molar-refractivity contribution in [1.29, 1.82) is 0 Å². The SMILES string of the molecule is Cc1cc(Cc2cnc[nH]2)ccc1S. The van der Waals surface area contributed by atoms with Crippen LogP contribution in [0.4, 0.5) is 0 Å². The molecule has 0 aliphatic heterocycles. The molecular formula is C11H12N2S. The molecule has 0 unspecified atom stereocenters. The second-order valence-electron chi connectivity index (χ2n) is 3.37. The zero-order valence-electron chi connectivity index (χ0n) is 7.99. The molecule has 1 heterocycles. The molecule has 0 spiro atoms. The molecule has 1 N–H and O–H groups in total. The first-order chi connectivity index (χ1) is 6.75. The van der Waals surface area contributed by atoms with Gasteiger partial charge in [-0.1, -0.05) is 12.1 Å². The monoisotopic (exact) mass is 204 g/mol. The average Bonchev–Trinajstić information content (AvgIpc) is 2.64. The van der Waals surface area contributed by atoms with Gasteiger partial charge in [0.2, 0.25) is 0 Å². The second-order valence-corrected chi connectivity index (χ2v) is 3.86. The van der Waals surface area contributed by atoms with E-state index in [0.717, 1.165) is 17.0 Å². The van der Waals surface area contributed by atoms with Crippen LogP contribution in [0, 0.1) is 6.92 Å². The standard InChI is InChI=1S/C11H12N2S/c1-8-4-9(2-3-11(8)14)5-10-6-12-7-13-10/h2-4,6-7,14H,5H2,1H3,(H,12,13). The van der Waals surface area contributed by atoms with Gasteiger partial charge in [0.05, 0.1) is 6.33 Å². The van der Waals surface area contributed by atoms with Crippen LogP contribution in [0.25, 0.3) is 0 Å². The van der Waals surface area contributed by atoms with Crippen LogP contribution < -0.4 is 0 Å². The molecule has 0 radical (unpaired) electrons. The lowest BCUT2D eigenvalue weighted by Crippen LogP contribution is -1.89. The van der Waals surface area contributed by atoms with E-state index >= 15 is 0 Å². The van der Waals surface area contributed by atoms with Crippen LogP contribution in [0.1, 0.15) is 16.8 Å². The molecule has 0 saturated carbocycles. The lowest BCUT2D eigenvalue weighted by molar-refractivity contribution is 1.09. The third-order valence-electron chi connectivity index (χ3n) is 2.21. The highest BCUT2D eigenvalue weighted by atomic mass is 32.1. The highest BCUT2D eigenvalue weighted by Crippen LogP contribution is 2.16. The quantitative estimate of drug-likeness (QED) is 0.723. The Kier molecular flexibility index (Phi) is 2.59. The summed E-state index contributed by atoms with van der Waals surface area (Å²) in [6.07, 6.45) is 4.45. The number of hydrogen-bond acceptors (Lipinski definition) is 2. The Balaban J connectivity index is 2.22. The summed E-state index contributed by atoms with van der Waals surface area (Å²) in [7, 11) is 0. The van der Waals surface area contributed by atoms with Gasteiger partial charge < -0.3 is 4.98 Å². The van der Waals surface area contributed by atoms with Crippen molar-refractivity contribution in [2.75, 3.05) is 0 Å². The molecule has 2 nitrogen and oxygen atoms in total. The van der Waals surface area contributed by atoms with Crippen LogP contribution in [-0.2, 0) is 6.42 Å². The largest absolute Gasteiger partial charge is 0.348 e. The van der Waals surface area contributed by atoms with E-state index < -0.39 is 0 Å². The molecule has 0 fully saturated rings. The Labute approximate surface area is 88.8 Å². The second kappa shape index (κ2) is 3.88. The summed E-state index contributed by atoms with van der Waals surface area (Å²) in [6, 6.07) is 6.28. The minimum Gasteiger partial charge on any atom is -0.348 e. The van der Waals surface area contributed by atoms with Crippen LogP contribution in [0.3, 0.4) is 0 Å². The number of aromatic nitrogens is 2. The number of benzene rings is 1. The third-order valence-corrected chi connectivity index (χ3v) is 2.71. The first-order valence-electron chi connectivity index (χ1n) is 4.51. The van der Waals surface area contributed by atoms with Crippen molar-refractivity contribution in [2.45, 2.75) is 18.2 Å². The fourth-order valence-electron chi connectivity index (χ4n) is 1.43.